The van der Waals surface area contributed by atoms with Gasteiger partial charge in [-0.25, -0.2) is 4.98 Å². The van der Waals surface area contributed by atoms with Crippen molar-refractivity contribution >= 4 is 22.4 Å². The molecule has 5 nitrogen and oxygen atoms in total. The molecule has 1 unspecified atom stereocenters. The van der Waals surface area contributed by atoms with E-state index in [0.717, 1.165) is 29.8 Å². The molecule has 1 amide bonds. The number of thiazole rings is 1. The van der Waals surface area contributed by atoms with E-state index in [1.807, 2.05) is 30.5 Å². The zero-order valence-electron chi connectivity index (χ0n) is 13.9. The minimum Gasteiger partial charge on any atom is -0.497 e. The summed E-state index contributed by atoms with van der Waals surface area (Å²) in [6.07, 6.45) is 1.85. The highest BCUT2D eigenvalue weighted by molar-refractivity contribution is 7.14. The topological polar surface area (TPSA) is 60.5 Å². The number of amides is 1. The third kappa shape index (κ3) is 4.22. The largest absolute Gasteiger partial charge is 0.497 e. The number of carbonyl (C=O) groups is 1. The van der Waals surface area contributed by atoms with Crippen LogP contribution in [-0.2, 0) is 4.79 Å². The Morgan fingerprint density at radius 1 is 1.35 bits per heavy atom. The van der Waals surface area contributed by atoms with Crippen LogP contribution < -0.4 is 14.8 Å². The maximum atomic E-state index is 12.1. The van der Waals surface area contributed by atoms with Crippen molar-refractivity contribution in [1.29, 1.82) is 0 Å². The van der Waals surface area contributed by atoms with Crippen molar-refractivity contribution < 1.29 is 14.3 Å². The molecule has 23 heavy (non-hydrogen) atoms. The van der Waals surface area contributed by atoms with Crippen LogP contribution >= 0.6 is 11.3 Å². The molecule has 1 aromatic heterocycles. The highest BCUT2D eigenvalue weighted by Gasteiger charge is 2.16. The summed E-state index contributed by atoms with van der Waals surface area (Å²) in [4.78, 5) is 16.6. The lowest BCUT2D eigenvalue weighted by Gasteiger charge is -2.09. The summed E-state index contributed by atoms with van der Waals surface area (Å²) in [6, 6.07) is 5.55. The molecule has 0 aliphatic carbocycles. The summed E-state index contributed by atoms with van der Waals surface area (Å²) >= 11 is 1.40. The molecule has 2 rings (SSSR count). The van der Waals surface area contributed by atoms with Crippen LogP contribution in [0.4, 0.5) is 5.13 Å². The number of ether oxygens (including phenoxy) is 2. The van der Waals surface area contributed by atoms with Crippen LogP contribution in [0.15, 0.2) is 23.6 Å². The molecule has 1 N–H and O–H groups in total. The summed E-state index contributed by atoms with van der Waals surface area (Å²) in [5.41, 5.74) is 1.59. The molecule has 124 valence electrons. The second-order valence-corrected chi connectivity index (χ2v) is 6.14. The van der Waals surface area contributed by atoms with Gasteiger partial charge in [-0.15, -0.1) is 11.3 Å². The van der Waals surface area contributed by atoms with E-state index in [-0.39, 0.29) is 11.8 Å². The zero-order chi connectivity index (χ0) is 16.8. The van der Waals surface area contributed by atoms with E-state index in [2.05, 4.69) is 17.2 Å². The first-order valence-corrected chi connectivity index (χ1v) is 8.45. The monoisotopic (exact) mass is 334 g/mol. The fourth-order valence-electron chi connectivity index (χ4n) is 2.26. The van der Waals surface area contributed by atoms with Crippen molar-refractivity contribution in [3.63, 3.8) is 0 Å². The fraction of sp³-hybridized carbons (Fsp3) is 0.412. The minimum absolute atomic E-state index is 0.00496. The molecule has 1 atom stereocenters. The molecule has 0 spiro atoms. The summed E-state index contributed by atoms with van der Waals surface area (Å²) < 4.78 is 10.6. The second-order valence-electron chi connectivity index (χ2n) is 5.28. The maximum Gasteiger partial charge on any atom is 0.228 e. The Kier molecular flexibility index (Phi) is 5.98. The Labute approximate surface area is 140 Å². The first-order valence-electron chi connectivity index (χ1n) is 7.57. The molecule has 0 saturated heterocycles. The third-order valence-corrected chi connectivity index (χ3v) is 4.34. The quantitative estimate of drug-likeness (QED) is 0.824. The van der Waals surface area contributed by atoms with Gasteiger partial charge in [0.2, 0.25) is 5.91 Å². The average Bonchev–Trinajstić information content (AvgIpc) is 3.02. The number of methoxy groups -OCH3 is 2. The first kappa shape index (κ1) is 17.3. The summed E-state index contributed by atoms with van der Waals surface area (Å²) in [6.45, 7) is 4.00. The predicted molar refractivity (Wildman–Crippen MR) is 93.4 cm³/mol. The van der Waals surface area contributed by atoms with Gasteiger partial charge in [-0.1, -0.05) is 20.3 Å². The van der Waals surface area contributed by atoms with Crippen LogP contribution in [0, 0.1) is 5.92 Å². The molecule has 1 heterocycles. The molecule has 0 radical (unpaired) electrons. The highest BCUT2D eigenvalue weighted by Crippen LogP contribution is 2.35. The van der Waals surface area contributed by atoms with Gasteiger partial charge in [0.25, 0.3) is 0 Å². The van der Waals surface area contributed by atoms with Gasteiger partial charge in [0.1, 0.15) is 11.5 Å². The number of aromatic nitrogens is 1. The van der Waals surface area contributed by atoms with Gasteiger partial charge in [-0.3, -0.25) is 4.79 Å². The van der Waals surface area contributed by atoms with Crippen molar-refractivity contribution in [1.82, 2.24) is 4.98 Å². The Morgan fingerprint density at radius 2 is 2.13 bits per heavy atom. The highest BCUT2D eigenvalue weighted by atomic mass is 32.1. The molecule has 0 aliphatic heterocycles. The van der Waals surface area contributed by atoms with Gasteiger partial charge in [0.05, 0.1) is 19.9 Å². The lowest BCUT2D eigenvalue weighted by molar-refractivity contribution is -0.119. The SMILES string of the molecule is CCCC(C)C(=O)Nc1nc(-c2cc(OC)ccc2OC)cs1. The lowest BCUT2D eigenvalue weighted by atomic mass is 10.1. The van der Waals surface area contributed by atoms with Crippen molar-refractivity contribution in [2.24, 2.45) is 5.92 Å². The van der Waals surface area contributed by atoms with Gasteiger partial charge in [-0.05, 0) is 24.6 Å². The van der Waals surface area contributed by atoms with E-state index >= 15 is 0 Å². The normalized spacial score (nSPS) is 11.8. The predicted octanol–water partition coefficient (Wildman–Crippen LogP) is 4.20. The Bertz CT molecular complexity index is 670. The lowest BCUT2D eigenvalue weighted by Crippen LogP contribution is -2.20. The van der Waals surface area contributed by atoms with Gasteiger partial charge >= 0.3 is 0 Å². The first-order chi connectivity index (χ1) is 11.1. The summed E-state index contributed by atoms with van der Waals surface area (Å²) in [5, 5.41) is 5.37. The van der Waals surface area contributed by atoms with Crippen LogP contribution in [-0.4, -0.2) is 25.1 Å². The van der Waals surface area contributed by atoms with Crippen molar-refractivity contribution in [2.75, 3.05) is 19.5 Å². The van der Waals surface area contributed by atoms with Crippen molar-refractivity contribution in [2.45, 2.75) is 26.7 Å². The average molecular weight is 334 g/mol. The number of hydrogen-bond donors (Lipinski definition) is 1. The Balaban J connectivity index is 2.20. The van der Waals surface area contributed by atoms with Crippen LogP contribution in [0.1, 0.15) is 26.7 Å². The molecular weight excluding hydrogens is 312 g/mol. The van der Waals surface area contributed by atoms with E-state index in [4.69, 9.17) is 9.47 Å². The van der Waals surface area contributed by atoms with Gasteiger partial charge in [0, 0.05) is 16.9 Å². The van der Waals surface area contributed by atoms with E-state index in [1.165, 1.54) is 11.3 Å². The van der Waals surface area contributed by atoms with Crippen molar-refractivity contribution in [3.8, 4) is 22.8 Å². The van der Waals surface area contributed by atoms with Crippen LogP contribution in [0.25, 0.3) is 11.3 Å². The number of carbonyl (C=O) groups excluding carboxylic acids is 1. The number of nitrogens with zero attached hydrogens (tertiary/aromatic N) is 1. The molecule has 6 heteroatoms. The van der Waals surface area contributed by atoms with Crippen LogP contribution in [0.5, 0.6) is 11.5 Å². The summed E-state index contributed by atoms with van der Waals surface area (Å²) in [5.74, 6) is 1.44. The van der Waals surface area contributed by atoms with Gasteiger partial charge < -0.3 is 14.8 Å². The maximum absolute atomic E-state index is 12.1. The van der Waals surface area contributed by atoms with E-state index < -0.39 is 0 Å². The standard InChI is InChI=1S/C17H22N2O3S/c1-5-6-11(2)16(20)19-17-18-14(10-23-17)13-9-12(21-3)7-8-15(13)22-4/h7-11H,5-6H2,1-4H3,(H,18,19,20). The molecule has 0 saturated carbocycles. The van der Waals surface area contributed by atoms with Gasteiger partial charge in [0.15, 0.2) is 5.13 Å². The number of nitrogens with one attached hydrogen (secondary N) is 1. The molecule has 0 bridgehead atoms. The molecule has 0 fully saturated rings. The van der Waals surface area contributed by atoms with E-state index in [0.29, 0.717) is 10.9 Å². The molecule has 0 aliphatic rings. The molecular formula is C17H22N2O3S. The van der Waals surface area contributed by atoms with Crippen LogP contribution in [0.2, 0.25) is 0 Å². The Morgan fingerprint density at radius 3 is 2.78 bits per heavy atom. The van der Waals surface area contributed by atoms with Gasteiger partial charge in [-0.2, -0.15) is 0 Å². The number of anilines is 1. The molecule has 1 aromatic carbocycles. The fourth-order valence-corrected chi connectivity index (χ4v) is 2.98. The number of benzene rings is 1. The summed E-state index contributed by atoms with van der Waals surface area (Å²) in [7, 11) is 3.24. The number of hydrogen-bond acceptors (Lipinski definition) is 5. The Hall–Kier alpha value is -2.08. The van der Waals surface area contributed by atoms with Crippen LogP contribution in [0.3, 0.4) is 0 Å². The third-order valence-electron chi connectivity index (χ3n) is 3.59. The second kappa shape index (κ2) is 7.97. The van der Waals surface area contributed by atoms with E-state index in [9.17, 15) is 4.79 Å². The van der Waals surface area contributed by atoms with E-state index in [1.54, 1.807) is 14.2 Å². The minimum atomic E-state index is -0.0151. The number of rotatable bonds is 7. The molecule has 2 aromatic rings. The smallest absolute Gasteiger partial charge is 0.228 e. The van der Waals surface area contributed by atoms with Crippen molar-refractivity contribution in [3.05, 3.63) is 23.6 Å². The zero-order valence-corrected chi connectivity index (χ0v) is 14.7.